The third-order valence-corrected chi connectivity index (χ3v) is 1.72. The number of rotatable bonds is 7. The van der Waals surface area contributed by atoms with Gasteiger partial charge in [-0.3, -0.25) is 4.79 Å². The van der Waals surface area contributed by atoms with Crippen molar-refractivity contribution >= 4 is 5.97 Å². The first-order valence-corrected chi connectivity index (χ1v) is 4.54. The molecule has 1 aromatic rings. The van der Waals surface area contributed by atoms with Crippen molar-refractivity contribution in [2.24, 2.45) is 0 Å². The number of hydrogen-bond acceptors (Lipinski definition) is 6. The zero-order valence-electron chi connectivity index (χ0n) is 8.09. The van der Waals surface area contributed by atoms with E-state index in [1.807, 2.05) is 0 Å². The number of hydrogen-bond donors (Lipinski definition) is 3. The van der Waals surface area contributed by atoms with Crippen LogP contribution in [-0.4, -0.2) is 45.5 Å². The van der Waals surface area contributed by atoms with Gasteiger partial charge in [0.15, 0.2) is 5.82 Å². The normalized spacial score (nSPS) is 12.6. The minimum absolute atomic E-state index is 0.240. The van der Waals surface area contributed by atoms with E-state index < -0.39 is 12.1 Å². The number of carbonyl (C=O) groups is 1. The molecule has 1 atom stereocenters. The Labute approximate surface area is 86.1 Å². The maximum Gasteiger partial charge on any atom is 0.306 e. The van der Waals surface area contributed by atoms with Gasteiger partial charge in [-0.05, 0) is 0 Å². The zero-order chi connectivity index (χ0) is 11.1. The van der Waals surface area contributed by atoms with Crippen LogP contribution in [0.15, 0.2) is 10.9 Å². The number of aliphatic hydroxyl groups is 1. The van der Waals surface area contributed by atoms with Crippen molar-refractivity contribution in [2.45, 2.75) is 18.9 Å². The molecule has 0 aliphatic rings. The number of aliphatic carboxylic acids is 1. The number of nitrogens with one attached hydrogen (secondary N) is 1. The number of aromatic nitrogens is 2. The molecule has 1 rings (SSSR count). The molecule has 0 fully saturated rings. The Balaban J connectivity index is 2.04. The second kappa shape index (κ2) is 6.10. The number of carboxylic acids is 1. The maximum absolute atomic E-state index is 10.2. The second-order valence-electron chi connectivity index (χ2n) is 3.05. The monoisotopic (exact) mass is 215 g/mol. The van der Waals surface area contributed by atoms with Crippen LogP contribution < -0.4 is 5.32 Å². The van der Waals surface area contributed by atoms with Gasteiger partial charge in [-0.25, -0.2) is 0 Å². The Morgan fingerprint density at radius 1 is 1.67 bits per heavy atom. The van der Waals surface area contributed by atoms with Crippen LogP contribution in [-0.2, 0) is 11.2 Å². The van der Waals surface area contributed by atoms with Crippen LogP contribution in [0.5, 0.6) is 0 Å². The highest BCUT2D eigenvalue weighted by molar-refractivity contribution is 5.67. The summed E-state index contributed by atoms with van der Waals surface area (Å²) in [4.78, 5) is 14.0. The molecule has 0 amide bonds. The van der Waals surface area contributed by atoms with Gasteiger partial charge < -0.3 is 20.1 Å². The Morgan fingerprint density at radius 3 is 3.07 bits per heavy atom. The summed E-state index contributed by atoms with van der Waals surface area (Å²) in [7, 11) is 0. The molecule has 0 bridgehead atoms. The van der Waals surface area contributed by atoms with Crippen molar-refractivity contribution in [3.63, 3.8) is 0 Å². The Morgan fingerprint density at radius 2 is 2.47 bits per heavy atom. The highest BCUT2D eigenvalue weighted by atomic mass is 16.5. The summed E-state index contributed by atoms with van der Waals surface area (Å²) in [6.45, 7) is 0.806. The van der Waals surface area contributed by atoms with E-state index in [2.05, 4.69) is 20.0 Å². The van der Waals surface area contributed by atoms with Crippen LogP contribution in [0, 0.1) is 0 Å². The highest BCUT2D eigenvalue weighted by Gasteiger charge is 2.08. The third kappa shape index (κ3) is 5.08. The summed E-state index contributed by atoms with van der Waals surface area (Å²) in [6.07, 6.45) is 0.702. The summed E-state index contributed by atoms with van der Waals surface area (Å²) >= 11 is 0. The molecule has 0 aliphatic heterocycles. The molecule has 0 aliphatic carbocycles. The first-order chi connectivity index (χ1) is 7.18. The largest absolute Gasteiger partial charge is 0.481 e. The van der Waals surface area contributed by atoms with Crippen molar-refractivity contribution in [1.29, 1.82) is 0 Å². The second-order valence-corrected chi connectivity index (χ2v) is 3.05. The first-order valence-electron chi connectivity index (χ1n) is 4.54. The van der Waals surface area contributed by atoms with Gasteiger partial charge in [-0.2, -0.15) is 4.98 Å². The Bertz CT molecular complexity index is 288. The predicted molar refractivity (Wildman–Crippen MR) is 49.1 cm³/mol. The van der Waals surface area contributed by atoms with E-state index in [-0.39, 0.29) is 13.0 Å². The van der Waals surface area contributed by atoms with Crippen LogP contribution >= 0.6 is 0 Å². The lowest BCUT2D eigenvalue weighted by Crippen LogP contribution is -2.30. The van der Waals surface area contributed by atoms with Gasteiger partial charge in [0, 0.05) is 19.5 Å². The molecule has 84 valence electrons. The van der Waals surface area contributed by atoms with Crippen LogP contribution in [0.3, 0.4) is 0 Å². The molecular formula is C8H13N3O4. The van der Waals surface area contributed by atoms with Gasteiger partial charge >= 0.3 is 5.97 Å². The predicted octanol–water partition coefficient (Wildman–Crippen LogP) is -0.963. The van der Waals surface area contributed by atoms with Crippen molar-refractivity contribution < 1.29 is 19.5 Å². The summed E-state index contributed by atoms with van der Waals surface area (Å²) in [5.41, 5.74) is 0. The summed E-state index contributed by atoms with van der Waals surface area (Å²) in [5.74, 6) is -0.433. The average molecular weight is 215 g/mol. The van der Waals surface area contributed by atoms with E-state index in [9.17, 15) is 9.90 Å². The molecule has 0 radical (unpaired) electrons. The lowest BCUT2D eigenvalue weighted by atomic mass is 10.2. The van der Waals surface area contributed by atoms with E-state index in [4.69, 9.17) is 5.11 Å². The molecule has 0 aromatic carbocycles. The van der Waals surface area contributed by atoms with E-state index in [1.54, 1.807) is 0 Å². The fourth-order valence-electron chi connectivity index (χ4n) is 1.05. The molecule has 0 spiro atoms. The molecular weight excluding hydrogens is 202 g/mol. The van der Waals surface area contributed by atoms with E-state index >= 15 is 0 Å². The zero-order valence-corrected chi connectivity index (χ0v) is 8.09. The minimum atomic E-state index is -1.01. The third-order valence-electron chi connectivity index (χ3n) is 1.72. The summed E-state index contributed by atoms with van der Waals surface area (Å²) in [5, 5.41) is 24.0. The number of carboxylic acid groups (broad SMARTS) is 1. The number of nitrogens with zero attached hydrogens (tertiary/aromatic N) is 2. The molecule has 1 aromatic heterocycles. The fourth-order valence-corrected chi connectivity index (χ4v) is 1.05. The molecule has 0 saturated carbocycles. The molecule has 1 unspecified atom stereocenters. The van der Waals surface area contributed by atoms with E-state index in [0.717, 1.165) is 0 Å². The van der Waals surface area contributed by atoms with Crippen molar-refractivity contribution in [2.75, 3.05) is 13.1 Å². The molecule has 7 heteroatoms. The van der Waals surface area contributed by atoms with Crippen LogP contribution in [0.1, 0.15) is 12.2 Å². The smallest absolute Gasteiger partial charge is 0.306 e. The number of aliphatic hydroxyl groups excluding tert-OH is 1. The molecule has 3 N–H and O–H groups in total. The summed E-state index contributed by atoms with van der Waals surface area (Å²) < 4.78 is 4.53. The SMILES string of the molecule is O=C(O)CC(O)CNCCc1ncon1. The average Bonchev–Trinajstić information content (AvgIpc) is 2.63. The highest BCUT2D eigenvalue weighted by Crippen LogP contribution is 1.91. The van der Waals surface area contributed by atoms with Gasteiger partial charge in [0.1, 0.15) is 0 Å². The van der Waals surface area contributed by atoms with Crippen LogP contribution in [0.25, 0.3) is 0 Å². The van der Waals surface area contributed by atoms with Crippen molar-refractivity contribution in [3.8, 4) is 0 Å². The quantitative estimate of drug-likeness (QED) is 0.502. The van der Waals surface area contributed by atoms with Crippen LogP contribution in [0.4, 0.5) is 0 Å². The summed E-state index contributed by atoms with van der Waals surface area (Å²) in [6, 6.07) is 0. The van der Waals surface area contributed by atoms with Gasteiger partial charge in [-0.1, -0.05) is 5.16 Å². The van der Waals surface area contributed by atoms with Crippen LogP contribution in [0.2, 0.25) is 0 Å². The Kier molecular flexibility index (Phi) is 4.72. The lowest BCUT2D eigenvalue weighted by molar-refractivity contribution is -0.139. The van der Waals surface area contributed by atoms with E-state index in [0.29, 0.717) is 18.8 Å². The molecule has 15 heavy (non-hydrogen) atoms. The van der Waals surface area contributed by atoms with Gasteiger partial charge in [-0.15, -0.1) is 0 Å². The topological polar surface area (TPSA) is 108 Å². The van der Waals surface area contributed by atoms with Gasteiger partial charge in [0.25, 0.3) is 0 Å². The standard InChI is InChI=1S/C8H13N3O4/c12-6(3-8(13)14)4-9-2-1-7-10-5-15-11-7/h5-6,9,12H,1-4H2,(H,13,14). The molecule has 1 heterocycles. The first kappa shape index (κ1) is 11.6. The van der Waals surface area contributed by atoms with Crippen molar-refractivity contribution in [1.82, 2.24) is 15.5 Å². The minimum Gasteiger partial charge on any atom is -0.481 e. The lowest BCUT2D eigenvalue weighted by Gasteiger charge is -2.08. The molecule has 7 nitrogen and oxygen atoms in total. The Hall–Kier alpha value is -1.47. The van der Waals surface area contributed by atoms with E-state index in [1.165, 1.54) is 6.39 Å². The maximum atomic E-state index is 10.2. The van der Waals surface area contributed by atoms with Crippen molar-refractivity contribution in [3.05, 3.63) is 12.2 Å². The fraction of sp³-hybridized carbons (Fsp3) is 0.625. The van der Waals surface area contributed by atoms with Gasteiger partial charge in [0.2, 0.25) is 6.39 Å². The molecule has 0 saturated heterocycles. The van der Waals surface area contributed by atoms with Gasteiger partial charge in [0.05, 0.1) is 12.5 Å².